The number of ether oxygens (including phenoxy) is 3. The normalized spacial score (nSPS) is 11.8. The highest BCUT2D eigenvalue weighted by Gasteiger charge is 2.27. The molecule has 0 fully saturated rings. The third-order valence-corrected chi connectivity index (χ3v) is 6.25. The molecule has 0 bridgehead atoms. The molecule has 1 atom stereocenters. The molecule has 1 heterocycles. The number of hydrogen-bond acceptors (Lipinski definition) is 7. The molecule has 0 radical (unpaired) electrons. The number of nitrogens with one attached hydrogen (secondary N) is 2. The van der Waals surface area contributed by atoms with E-state index in [0.717, 1.165) is 12.8 Å². The Hall–Kier alpha value is -3.56. The van der Waals surface area contributed by atoms with E-state index >= 15 is 0 Å². The summed E-state index contributed by atoms with van der Waals surface area (Å²) in [6.07, 6.45) is 2.30. The summed E-state index contributed by atoms with van der Waals surface area (Å²) in [4.78, 5) is 37.6. The summed E-state index contributed by atoms with van der Waals surface area (Å²) < 4.78 is 17.6. The second-order valence-corrected chi connectivity index (χ2v) is 9.27. The Morgan fingerprint density at radius 1 is 1.03 bits per heavy atom. The molecule has 2 N–H and O–H groups in total. The highest BCUT2D eigenvalue weighted by atomic mass is 16.5. The number of carbonyl (C=O) groups excluding carboxylic acids is 3. The van der Waals surface area contributed by atoms with Crippen LogP contribution in [-0.2, 0) is 20.9 Å². The van der Waals surface area contributed by atoms with Crippen LogP contribution in [0, 0.1) is 11.8 Å². The molecule has 0 saturated heterocycles. The van der Waals surface area contributed by atoms with Gasteiger partial charge < -0.3 is 24.8 Å². The first-order chi connectivity index (χ1) is 17.7. The summed E-state index contributed by atoms with van der Waals surface area (Å²) in [6, 6.07) is 6.34. The Morgan fingerprint density at radius 3 is 2.16 bits per heavy atom. The van der Waals surface area contributed by atoms with E-state index in [2.05, 4.69) is 34.3 Å². The topological polar surface area (TPSA) is 121 Å². The molecular formula is C27H40N4O6. The van der Waals surface area contributed by atoms with Gasteiger partial charge in [0, 0.05) is 6.54 Å². The first-order valence-electron chi connectivity index (χ1n) is 12.6. The molecule has 2 rings (SSSR count). The van der Waals surface area contributed by atoms with E-state index in [1.165, 1.54) is 7.11 Å². The zero-order valence-corrected chi connectivity index (χ0v) is 22.9. The van der Waals surface area contributed by atoms with Crippen LogP contribution in [0.2, 0.25) is 0 Å². The van der Waals surface area contributed by atoms with Gasteiger partial charge in [0.15, 0.2) is 5.69 Å². The lowest BCUT2D eigenvalue weighted by atomic mass is 10.0. The number of benzene rings is 1. The fraction of sp³-hybridized carbons (Fsp3) is 0.556. The van der Waals surface area contributed by atoms with Crippen molar-refractivity contribution in [2.75, 3.05) is 27.9 Å². The van der Waals surface area contributed by atoms with Gasteiger partial charge in [-0.05, 0) is 36.5 Å². The fourth-order valence-electron chi connectivity index (χ4n) is 4.05. The Balaban J connectivity index is 2.46. The minimum atomic E-state index is -0.842. The minimum absolute atomic E-state index is 0.120. The first kappa shape index (κ1) is 29.7. The summed E-state index contributed by atoms with van der Waals surface area (Å²) in [5, 5.41) is 9.96. The van der Waals surface area contributed by atoms with E-state index in [-0.39, 0.29) is 18.2 Å². The van der Waals surface area contributed by atoms with Gasteiger partial charge in [0.1, 0.15) is 24.1 Å². The molecule has 0 aliphatic carbocycles. The van der Waals surface area contributed by atoms with Crippen LogP contribution >= 0.6 is 0 Å². The van der Waals surface area contributed by atoms with Gasteiger partial charge >= 0.3 is 5.97 Å². The lowest BCUT2D eigenvalue weighted by Gasteiger charge is -2.19. The lowest BCUT2D eigenvalue weighted by Crippen LogP contribution is -2.48. The standard InChI is InChI=1S/C27H40N4O6/c1-8-18(9-2)16-31-21(25-22(35-5)11-10-12-23(25)36-6)14-20(30-31)27(34)29-19(13-17(3)4)26(33)28-15-24(32)37-7/h10-12,14,17-19H,8-9,13,15-16H2,1-7H3,(H,28,33)(H,29,34)/t19-/m0/s1. The van der Waals surface area contributed by atoms with Gasteiger partial charge in [0.2, 0.25) is 5.91 Å². The molecule has 1 aromatic carbocycles. The van der Waals surface area contributed by atoms with Crippen molar-refractivity contribution in [2.24, 2.45) is 11.8 Å². The number of nitrogens with zero attached hydrogens (tertiary/aromatic N) is 2. The van der Waals surface area contributed by atoms with Gasteiger partial charge in [-0.1, -0.05) is 46.6 Å². The van der Waals surface area contributed by atoms with Crippen molar-refractivity contribution in [1.82, 2.24) is 20.4 Å². The Morgan fingerprint density at radius 2 is 1.65 bits per heavy atom. The molecule has 1 aromatic heterocycles. The maximum absolute atomic E-state index is 13.3. The van der Waals surface area contributed by atoms with Gasteiger partial charge in [-0.15, -0.1) is 0 Å². The van der Waals surface area contributed by atoms with Crippen molar-refractivity contribution >= 4 is 17.8 Å². The van der Waals surface area contributed by atoms with E-state index in [4.69, 9.17) is 9.47 Å². The third-order valence-electron chi connectivity index (χ3n) is 6.25. The van der Waals surface area contributed by atoms with Gasteiger partial charge in [-0.2, -0.15) is 5.10 Å². The fourth-order valence-corrected chi connectivity index (χ4v) is 4.05. The molecule has 37 heavy (non-hydrogen) atoms. The summed E-state index contributed by atoms with van der Waals surface area (Å²) >= 11 is 0. The van der Waals surface area contributed by atoms with E-state index in [0.29, 0.717) is 41.6 Å². The van der Waals surface area contributed by atoms with Crippen LogP contribution in [0.1, 0.15) is 57.4 Å². The minimum Gasteiger partial charge on any atom is -0.496 e. The SMILES string of the molecule is CCC(CC)Cn1nc(C(=O)N[C@@H](CC(C)C)C(=O)NCC(=O)OC)cc1-c1c(OC)cccc1OC. The summed E-state index contributed by atoms with van der Waals surface area (Å²) in [5.74, 6) is 0.142. The van der Waals surface area contributed by atoms with Crippen LogP contribution in [0.15, 0.2) is 24.3 Å². The van der Waals surface area contributed by atoms with Crippen molar-refractivity contribution in [3.63, 3.8) is 0 Å². The Labute approximate surface area is 219 Å². The van der Waals surface area contributed by atoms with Crippen molar-refractivity contribution in [1.29, 1.82) is 0 Å². The highest BCUT2D eigenvalue weighted by molar-refractivity contribution is 5.97. The Kier molecular flexibility index (Phi) is 11.4. The predicted molar refractivity (Wildman–Crippen MR) is 141 cm³/mol. The van der Waals surface area contributed by atoms with Crippen LogP contribution < -0.4 is 20.1 Å². The number of rotatable bonds is 14. The van der Waals surface area contributed by atoms with Crippen molar-refractivity contribution in [3.05, 3.63) is 30.0 Å². The van der Waals surface area contributed by atoms with E-state index in [9.17, 15) is 14.4 Å². The number of hydrogen-bond donors (Lipinski definition) is 2. The zero-order valence-electron chi connectivity index (χ0n) is 22.9. The Bertz CT molecular complexity index is 1040. The van der Waals surface area contributed by atoms with E-state index < -0.39 is 23.8 Å². The zero-order chi connectivity index (χ0) is 27.5. The molecule has 204 valence electrons. The van der Waals surface area contributed by atoms with Crippen LogP contribution in [0.5, 0.6) is 11.5 Å². The van der Waals surface area contributed by atoms with E-state index in [1.807, 2.05) is 36.7 Å². The third kappa shape index (κ3) is 7.96. The van der Waals surface area contributed by atoms with Gasteiger partial charge in [-0.3, -0.25) is 19.1 Å². The smallest absolute Gasteiger partial charge is 0.325 e. The second-order valence-electron chi connectivity index (χ2n) is 9.27. The molecule has 10 heteroatoms. The highest BCUT2D eigenvalue weighted by Crippen LogP contribution is 2.39. The van der Waals surface area contributed by atoms with Crippen molar-refractivity contribution < 1.29 is 28.6 Å². The van der Waals surface area contributed by atoms with E-state index in [1.54, 1.807) is 20.3 Å². The van der Waals surface area contributed by atoms with Crippen molar-refractivity contribution in [3.8, 4) is 22.8 Å². The molecule has 0 saturated carbocycles. The first-order valence-corrected chi connectivity index (χ1v) is 12.6. The van der Waals surface area contributed by atoms with Crippen molar-refractivity contribution in [2.45, 2.75) is 59.5 Å². The summed E-state index contributed by atoms with van der Waals surface area (Å²) in [6.45, 7) is 8.47. The van der Waals surface area contributed by atoms with Crippen LogP contribution in [-0.4, -0.2) is 61.5 Å². The summed E-state index contributed by atoms with van der Waals surface area (Å²) in [7, 11) is 4.40. The lowest BCUT2D eigenvalue weighted by molar-refractivity contribution is -0.141. The average molecular weight is 517 g/mol. The predicted octanol–water partition coefficient (Wildman–Crippen LogP) is 3.44. The quantitative estimate of drug-likeness (QED) is 0.369. The maximum atomic E-state index is 13.3. The number of aromatic nitrogens is 2. The largest absolute Gasteiger partial charge is 0.496 e. The van der Waals surface area contributed by atoms with Crippen LogP contribution in [0.25, 0.3) is 11.3 Å². The molecule has 0 aliphatic rings. The monoisotopic (exact) mass is 516 g/mol. The molecule has 0 spiro atoms. The molecule has 2 amide bonds. The number of esters is 1. The molecule has 0 aliphatic heterocycles. The molecule has 2 aromatic rings. The van der Waals surface area contributed by atoms with Crippen LogP contribution in [0.3, 0.4) is 0 Å². The second kappa shape index (κ2) is 14.2. The molecular weight excluding hydrogens is 476 g/mol. The molecule has 0 unspecified atom stereocenters. The number of carbonyl (C=O) groups is 3. The molecule has 10 nitrogen and oxygen atoms in total. The average Bonchev–Trinajstić information content (AvgIpc) is 3.32. The van der Waals surface area contributed by atoms with Gasteiger partial charge in [-0.25, -0.2) is 0 Å². The van der Waals surface area contributed by atoms with Gasteiger partial charge in [0.05, 0.1) is 32.6 Å². The van der Waals surface area contributed by atoms with Crippen LogP contribution in [0.4, 0.5) is 0 Å². The number of methoxy groups -OCH3 is 3. The summed E-state index contributed by atoms with van der Waals surface area (Å²) in [5.41, 5.74) is 1.55. The number of amides is 2. The maximum Gasteiger partial charge on any atom is 0.325 e. The van der Waals surface area contributed by atoms with Gasteiger partial charge in [0.25, 0.3) is 5.91 Å².